The average molecular weight is 396 g/mol. The Morgan fingerprint density at radius 2 is 2.33 bits per heavy atom. The second kappa shape index (κ2) is 5.22. The number of halogens is 2. The van der Waals surface area contributed by atoms with E-state index < -0.39 is 0 Å². The summed E-state index contributed by atoms with van der Waals surface area (Å²) >= 11 is 7.12. The number of nitrogens with zero attached hydrogens (tertiary/aromatic N) is 2. The highest BCUT2D eigenvalue weighted by atomic mass is 127. The van der Waals surface area contributed by atoms with Crippen LogP contribution < -0.4 is 5.32 Å². The molecule has 0 saturated carbocycles. The molecule has 2 rings (SSSR count). The van der Waals surface area contributed by atoms with Crippen LogP contribution in [0.1, 0.15) is 5.69 Å². The molecule has 0 spiro atoms. The maximum atomic E-state index is 3.97. The Morgan fingerprint density at radius 1 is 1.47 bits per heavy atom. The molecule has 0 aliphatic carbocycles. The van der Waals surface area contributed by atoms with Crippen LogP contribution in [0.25, 0.3) is 0 Å². The summed E-state index contributed by atoms with van der Waals surface area (Å²) in [6, 6.07) is 6.15. The summed E-state index contributed by atoms with van der Waals surface area (Å²) < 4.78 is 6.11. The van der Waals surface area contributed by atoms with Crippen LogP contribution in [-0.2, 0) is 6.54 Å². The van der Waals surface area contributed by atoms with Gasteiger partial charge >= 0.3 is 0 Å². The minimum atomic E-state index is 0.716. The zero-order chi connectivity index (χ0) is 10.7. The molecule has 0 bridgehead atoms. The lowest BCUT2D eigenvalue weighted by molar-refractivity contribution is 0.998. The third-order valence-corrected chi connectivity index (χ3v) is 4.68. The molecule has 1 heterocycles. The van der Waals surface area contributed by atoms with Gasteiger partial charge in [-0.25, -0.2) is 0 Å². The molecule has 3 nitrogen and oxygen atoms in total. The van der Waals surface area contributed by atoms with E-state index in [4.69, 9.17) is 0 Å². The average Bonchev–Trinajstić information content (AvgIpc) is 2.73. The van der Waals surface area contributed by atoms with E-state index in [2.05, 4.69) is 59.5 Å². The Hall–Kier alpha value is -0.210. The van der Waals surface area contributed by atoms with E-state index >= 15 is 0 Å². The van der Waals surface area contributed by atoms with Crippen molar-refractivity contribution in [2.75, 3.05) is 5.32 Å². The molecule has 2 aromatic rings. The zero-order valence-corrected chi connectivity index (χ0v) is 12.1. The van der Waals surface area contributed by atoms with Gasteiger partial charge in [0.2, 0.25) is 0 Å². The summed E-state index contributed by atoms with van der Waals surface area (Å²) in [6.45, 7) is 0.716. The second-order valence-electron chi connectivity index (χ2n) is 2.88. The second-order valence-corrected chi connectivity index (χ2v) is 5.51. The number of anilines is 1. The van der Waals surface area contributed by atoms with Gasteiger partial charge in [0, 0.05) is 19.1 Å². The minimum absolute atomic E-state index is 0.716. The SMILES string of the molecule is Brc1ccc(NCc2csnn2)cc1I. The third kappa shape index (κ3) is 3.12. The number of hydrogen-bond donors (Lipinski definition) is 1. The number of benzene rings is 1. The van der Waals surface area contributed by atoms with Crippen molar-refractivity contribution in [1.82, 2.24) is 9.59 Å². The lowest BCUT2D eigenvalue weighted by Crippen LogP contribution is -1.99. The van der Waals surface area contributed by atoms with E-state index in [0.717, 1.165) is 15.9 Å². The Labute approximate surface area is 114 Å². The van der Waals surface area contributed by atoms with Crippen molar-refractivity contribution in [3.05, 3.63) is 37.3 Å². The lowest BCUT2D eigenvalue weighted by Gasteiger charge is -2.05. The first-order valence-corrected chi connectivity index (χ1v) is 6.91. The van der Waals surface area contributed by atoms with E-state index in [1.54, 1.807) is 0 Å². The van der Waals surface area contributed by atoms with Crippen LogP contribution in [0, 0.1) is 3.57 Å². The van der Waals surface area contributed by atoms with Crippen molar-refractivity contribution in [3.8, 4) is 0 Å². The summed E-state index contributed by atoms with van der Waals surface area (Å²) in [4.78, 5) is 0. The van der Waals surface area contributed by atoms with Gasteiger partial charge in [-0.3, -0.25) is 0 Å². The monoisotopic (exact) mass is 395 g/mol. The van der Waals surface area contributed by atoms with Crippen LogP contribution in [-0.4, -0.2) is 9.59 Å². The van der Waals surface area contributed by atoms with Gasteiger partial charge < -0.3 is 5.32 Å². The summed E-state index contributed by atoms with van der Waals surface area (Å²) in [6.07, 6.45) is 0. The van der Waals surface area contributed by atoms with Gasteiger partial charge in [-0.1, -0.05) is 4.49 Å². The molecule has 1 aromatic heterocycles. The van der Waals surface area contributed by atoms with E-state index in [9.17, 15) is 0 Å². The molecule has 0 aliphatic rings. The van der Waals surface area contributed by atoms with Gasteiger partial charge in [0.1, 0.15) is 0 Å². The van der Waals surface area contributed by atoms with Crippen molar-refractivity contribution in [2.24, 2.45) is 0 Å². The normalized spacial score (nSPS) is 10.3. The van der Waals surface area contributed by atoms with Crippen LogP contribution in [0.4, 0.5) is 5.69 Å². The zero-order valence-electron chi connectivity index (χ0n) is 7.58. The maximum absolute atomic E-state index is 3.97. The van der Waals surface area contributed by atoms with Crippen molar-refractivity contribution in [1.29, 1.82) is 0 Å². The Kier molecular flexibility index (Phi) is 3.92. The first-order chi connectivity index (χ1) is 7.25. The predicted octanol–water partition coefficient (Wildman–Crippen LogP) is 3.52. The molecule has 1 N–H and O–H groups in total. The Morgan fingerprint density at radius 3 is 3.00 bits per heavy atom. The lowest BCUT2D eigenvalue weighted by atomic mass is 10.3. The number of rotatable bonds is 3. The van der Waals surface area contributed by atoms with Gasteiger partial charge in [0.05, 0.1) is 12.2 Å². The summed E-state index contributed by atoms with van der Waals surface area (Å²) in [7, 11) is 0. The van der Waals surface area contributed by atoms with Crippen LogP contribution in [0.5, 0.6) is 0 Å². The van der Waals surface area contributed by atoms with Gasteiger partial charge in [-0.2, -0.15) is 0 Å². The van der Waals surface area contributed by atoms with Crippen LogP contribution >= 0.6 is 50.1 Å². The van der Waals surface area contributed by atoms with Crippen LogP contribution in [0.3, 0.4) is 0 Å². The largest absolute Gasteiger partial charge is 0.379 e. The molecule has 0 fully saturated rings. The molecular weight excluding hydrogens is 389 g/mol. The molecule has 0 amide bonds. The first-order valence-electron chi connectivity index (χ1n) is 4.20. The Bertz CT molecular complexity index is 447. The molecule has 1 aromatic carbocycles. The van der Waals surface area contributed by atoms with E-state index in [1.165, 1.54) is 15.1 Å². The summed E-state index contributed by atoms with van der Waals surface area (Å²) in [5.74, 6) is 0. The summed E-state index contributed by atoms with van der Waals surface area (Å²) in [5.41, 5.74) is 2.06. The number of nitrogens with one attached hydrogen (secondary N) is 1. The van der Waals surface area contributed by atoms with Gasteiger partial charge in [-0.15, -0.1) is 5.10 Å². The fourth-order valence-electron chi connectivity index (χ4n) is 1.06. The van der Waals surface area contributed by atoms with Gasteiger partial charge in [0.15, 0.2) is 0 Å². The topological polar surface area (TPSA) is 37.8 Å². The number of aromatic nitrogens is 2. The fourth-order valence-corrected chi connectivity index (χ4v) is 2.27. The standard InChI is InChI=1S/C9H7BrIN3S/c10-8-2-1-6(3-9(8)11)12-4-7-5-15-14-13-7/h1-3,5,12H,4H2. The first kappa shape index (κ1) is 11.3. The smallest absolute Gasteiger partial charge is 0.0946 e. The van der Waals surface area contributed by atoms with Crippen molar-refractivity contribution >= 4 is 55.7 Å². The van der Waals surface area contributed by atoms with Crippen molar-refractivity contribution in [3.63, 3.8) is 0 Å². The molecular formula is C9H7BrIN3S. The van der Waals surface area contributed by atoms with Gasteiger partial charge in [-0.05, 0) is 68.3 Å². The van der Waals surface area contributed by atoms with E-state index in [1.807, 2.05) is 17.5 Å². The molecule has 0 saturated heterocycles. The minimum Gasteiger partial charge on any atom is -0.379 e. The van der Waals surface area contributed by atoms with E-state index in [0.29, 0.717) is 6.54 Å². The van der Waals surface area contributed by atoms with Crippen molar-refractivity contribution < 1.29 is 0 Å². The highest BCUT2D eigenvalue weighted by Crippen LogP contribution is 2.22. The molecule has 78 valence electrons. The molecule has 15 heavy (non-hydrogen) atoms. The van der Waals surface area contributed by atoms with Crippen LogP contribution in [0.2, 0.25) is 0 Å². The highest BCUT2D eigenvalue weighted by molar-refractivity contribution is 14.1. The molecule has 0 aliphatic heterocycles. The molecule has 0 radical (unpaired) electrons. The predicted molar refractivity (Wildman–Crippen MR) is 74.1 cm³/mol. The quantitative estimate of drug-likeness (QED) is 0.808. The fraction of sp³-hybridized carbons (Fsp3) is 0.111. The van der Waals surface area contributed by atoms with Gasteiger partial charge in [0.25, 0.3) is 0 Å². The maximum Gasteiger partial charge on any atom is 0.0946 e. The molecule has 0 atom stereocenters. The molecule has 0 unspecified atom stereocenters. The molecule has 6 heteroatoms. The summed E-state index contributed by atoms with van der Waals surface area (Å²) in [5, 5.41) is 9.20. The van der Waals surface area contributed by atoms with Crippen LogP contribution in [0.15, 0.2) is 28.1 Å². The Balaban J connectivity index is 2.02. The van der Waals surface area contributed by atoms with E-state index in [-0.39, 0.29) is 0 Å². The highest BCUT2D eigenvalue weighted by Gasteiger charge is 1.99. The third-order valence-electron chi connectivity index (χ3n) is 1.80. The van der Waals surface area contributed by atoms with Crippen molar-refractivity contribution in [2.45, 2.75) is 6.54 Å². The number of hydrogen-bond acceptors (Lipinski definition) is 4.